The molecule has 2 unspecified atom stereocenters. The summed E-state index contributed by atoms with van der Waals surface area (Å²) in [7, 11) is 3.38. The van der Waals surface area contributed by atoms with Gasteiger partial charge in [-0.25, -0.2) is 0 Å². The van der Waals surface area contributed by atoms with E-state index in [2.05, 4.69) is 6.92 Å². The molecule has 18 heavy (non-hydrogen) atoms. The largest absolute Gasteiger partial charge is 0.496 e. The lowest BCUT2D eigenvalue weighted by atomic mass is 9.70. The van der Waals surface area contributed by atoms with E-state index in [4.69, 9.17) is 15.2 Å². The lowest BCUT2D eigenvalue weighted by molar-refractivity contribution is 0.195. The van der Waals surface area contributed by atoms with Crippen LogP contribution < -0.4 is 15.2 Å². The molecule has 3 nitrogen and oxygen atoms in total. The molecule has 2 N–H and O–H groups in total. The fourth-order valence-corrected chi connectivity index (χ4v) is 3.05. The lowest BCUT2D eigenvalue weighted by Gasteiger charge is -2.41. The molecular formula is C15H23NO2. The number of rotatable bonds is 3. The molecule has 1 saturated carbocycles. The van der Waals surface area contributed by atoms with Crippen molar-refractivity contribution in [2.45, 2.75) is 38.1 Å². The van der Waals surface area contributed by atoms with Crippen LogP contribution in [-0.4, -0.2) is 14.2 Å². The Bertz CT molecular complexity index is 397. The topological polar surface area (TPSA) is 44.5 Å². The standard InChI is InChI=1S/C15H23NO2/c1-11-7-4-5-10-15(11,16)14-12(17-2)8-6-9-13(14)18-3/h6,8-9,11H,4-5,7,10,16H2,1-3H3. The highest BCUT2D eigenvalue weighted by molar-refractivity contribution is 5.50. The number of ether oxygens (including phenoxy) is 2. The van der Waals surface area contributed by atoms with Gasteiger partial charge in [-0.05, 0) is 30.9 Å². The van der Waals surface area contributed by atoms with Crippen molar-refractivity contribution < 1.29 is 9.47 Å². The van der Waals surface area contributed by atoms with Crippen LogP contribution in [0.5, 0.6) is 11.5 Å². The van der Waals surface area contributed by atoms with E-state index in [-0.39, 0.29) is 5.54 Å². The van der Waals surface area contributed by atoms with Crippen LogP contribution in [0.15, 0.2) is 18.2 Å². The third-order valence-electron chi connectivity index (χ3n) is 4.25. The van der Waals surface area contributed by atoms with Crippen LogP contribution in [0.3, 0.4) is 0 Å². The van der Waals surface area contributed by atoms with E-state index >= 15 is 0 Å². The quantitative estimate of drug-likeness (QED) is 0.895. The maximum Gasteiger partial charge on any atom is 0.127 e. The van der Waals surface area contributed by atoms with Gasteiger partial charge in [0.15, 0.2) is 0 Å². The summed E-state index contributed by atoms with van der Waals surface area (Å²) in [4.78, 5) is 0. The summed E-state index contributed by atoms with van der Waals surface area (Å²) in [6, 6.07) is 5.87. The number of nitrogens with two attached hydrogens (primary N) is 1. The highest BCUT2D eigenvalue weighted by Crippen LogP contribution is 2.46. The van der Waals surface area contributed by atoms with Gasteiger partial charge in [-0.1, -0.05) is 25.8 Å². The van der Waals surface area contributed by atoms with E-state index in [1.165, 1.54) is 12.8 Å². The van der Waals surface area contributed by atoms with Gasteiger partial charge in [-0.2, -0.15) is 0 Å². The minimum Gasteiger partial charge on any atom is -0.496 e. The van der Waals surface area contributed by atoms with E-state index < -0.39 is 0 Å². The number of hydrogen-bond acceptors (Lipinski definition) is 3. The third-order valence-corrected chi connectivity index (χ3v) is 4.25. The van der Waals surface area contributed by atoms with Crippen molar-refractivity contribution in [1.82, 2.24) is 0 Å². The number of benzene rings is 1. The zero-order valence-electron chi connectivity index (χ0n) is 11.5. The summed E-state index contributed by atoms with van der Waals surface area (Å²) in [5.41, 5.74) is 7.41. The second-order valence-corrected chi connectivity index (χ2v) is 5.22. The van der Waals surface area contributed by atoms with E-state index in [1.807, 2.05) is 18.2 Å². The Morgan fingerprint density at radius 2 is 1.78 bits per heavy atom. The van der Waals surface area contributed by atoms with Crippen LogP contribution in [0, 0.1) is 5.92 Å². The van der Waals surface area contributed by atoms with Crippen molar-refractivity contribution in [2.75, 3.05) is 14.2 Å². The Morgan fingerprint density at radius 3 is 2.28 bits per heavy atom. The minimum absolute atomic E-state index is 0.337. The van der Waals surface area contributed by atoms with Gasteiger partial charge in [0.05, 0.1) is 25.3 Å². The van der Waals surface area contributed by atoms with Gasteiger partial charge in [0, 0.05) is 0 Å². The zero-order valence-corrected chi connectivity index (χ0v) is 11.5. The molecular weight excluding hydrogens is 226 g/mol. The van der Waals surface area contributed by atoms with Crippen molar-refractivity contribution >= 4 is 0 Å². The first-order chi connectivity index (χ1) is 8.63. The molecule has 0 radical (unpaired) electrons. The van der Waals surface area contributed by atoms with Crippen molar-refractivity contribution in [3.8, 4) is 11.5 Å². The SMILES string of the molecule is COc1cccc(OC)c1C1(N)CCCCC1C. The van der Waals surface area contributed by atoms with Crippen molar-refractivity contribution in [2.24, 2.45) is 11.7 Å². The predicted molar refractivity (Wildman–Crippen MR) is 73.0 cm³/mol. The first-order valence-electron chi connectivity index (χ1n) is 6.64. The zero-order chi connectivity index (χ0) is 13.2. The van der Waals surface area contributed by atoms with Gasteiger partial charge >= 0.3 is 0 Å². The molecule has 0 spiro atoms. The number of hydrogen-bond donors (Lipinski definition) is 1. The van der Waals surface area contributed by atoms with Gasteiger partial charge < -0.3 is 15.2 Å². The van der Waals surface area contributed by atoms with Gasteiger partial charge in [0.25, 0.3) is 0 Å². The molecule has 2 rings (SSSR count). The van der Waals surface area contributed by atoms with Crippen LogP contribution in [0.25, 0.3) is 0 Å². The molecule has 1 aliphatic rings. The molecule has 0 heterocycles. The molecule has 1 aromatic carbocycles. The second kappa shape index (κ2) is 5.19. The fourth-order valence-electron chi connectivity index (χ4n) is 3.05. The Balaban J connectivity index is 2.53. The average Bonchev–Trinajstić information content (AvgIpc) is 2.41. The lowest BCUT2D eigenvalue weighted by Crippen LogP contribution is -2.45. The molecule has 0 saturated heterocycles. The fraction of sp³-hybridized carbons (Fsp3) is 0.600. The summed E-state index contributed by atoms with van der Waals surface area (Å²) >= 11 is 0. The minimum atomic E-state index is -0.337. The molecule has 2 atom stereocenters. The molecule has 0 aromatic heterocycles. The van der Waals surface area contributed by atoms with Crippen LogP contribution in [0.2, 0.25) is 0 Å². The van der Waals surface area contributed by atoms with Gasteiger partial charge in [0.2, 0.25) is 0 Å². The van der Waals surface area contributed by atoms with Crippen molar-refractivity contribution in [3.05, 3.63) is 23.8 Å². The normalized spacial score (nSPS) is 27.9. The summed E-state index contributed by atoms with van der Waals surface area (Å²) in [5, 5.41) is 0. The summed E-state index contributed by atoms with van der Waals surface area (Å²) < 4.78 is 11.0. The highest BCUT2D eigenvalue weighted by atomic mass is 16.5. The molecule has 0 aliphatic heterocycles. The molecule has 1 aromatic rings. The second-order valence-electron chi connectivity index (χ2n) is 5.22. The molecule has 3 heteroatoms. The Hall–Kier alpha value is -1.22. The predicted octanol–water partition coefficient (Wildman–Crippen LogP) is 3.07. The molecule has 1 aliphatic carbocycles. The number of methoxy groups -OCH3 is 2. The van der Waals surface area contributed by atoms with Crippen LogP contribution >= 0.6 is 0 Å². The van der Waals surface area contributed by atoms with Crippen molar-refractivity contribution in [1.29, 1.82) is 0 Å². The van der Waals surface area contributed by atoms with E-state index in [9.17, 15) is 0 Å². The van der Waals surface area contributed by atoms with E-state index in [0.717, 1.165) is 29.9 Å². The van der Waals surface area contributed by atoms with Gasteiger partial charge in [-0.3, -0.25) is 0 Å². The van der Waals surface area contributed by atoms with E-state index in [1.54, 1.807) is 14.2 Å². The maximum absolute atomic E-state index is 6.72. The van der Waals surface area contributed by atoms with Crippen LogP contribution in [-0.2, 0) is 5.54 Å². The highest BCUT2D eigenvalue weighted by Gasteiger charge is 2.40. The summed E-state index contributed by atoms with van der Waals surface area (Å²) in [6.45, 7) is 2.23. The van der Waals surface area contributed by atoms with Gasteiger partial charge in [0.1, 0.15) is 11.5 Å². The Labute approximate surface area is 109 Å². The Morgan fingerprint density at radius 1 is 1.17 bits per heavy atom. The molecule has 1 fully saturated rings. The average molecular weight is 249 g/mol. The first kappa shape index (κ1) is 13.2. The molecule has 100 valence electrons. The van der Waals surface area contributed by atoms with Gasteiger partial charge in [-0.15, -0.1) is 0 Å². The smallest absolute Gasteiger partial charge is 0.127 e. The Kier molecular flexibility index (Phi) is 3.81. The van der Waals surface area contributed by atoms with Crippen molar-refractivity contribution in [3.63, 3.8) is 0 Å². The first-order valence-corrected chi connectivity index (χ1v) is 6.64. The molecule has 0 amide bonds. The van der Waals surface area contributed by atoms with Crippen LogP contribution in [0.1, 0.15) is 38.2 Å². The molecule has 0 bridgehead atoms. The maximum atomic E-state index is 6.72. The van der Waals surface area contributed by atoms with Crippen LogP contribution in [0.4, 0.5) is 0 Å². The summed E-state index contributed by atoms with van der Waals surface area (Å²) in [6.07, 6.45) is 4.59. The summed E-state index contributed by atoms with van der Waals surface area (Å²) in [5.74, 6) is 2.12. The van der Waals surface area contributed by atoms with E-state index in [0.29, 0.717) is 5.92 Å². The third kappa shape index (κ3) is 2.07. The monoisotopic (exact) mass is 249 g/mol.